The Morgan fingerprint density at radius 3 is 2.38 bits per heavy atom. The maximum Gasteiger partial charge on any atom is 0.416 e. The van der Waals surface area contributed by atoms with Gasteiger partial charge < -0.3 is 10.4 Å². The fourth-order valence-corrected chi connectivity index (χ4v) is 2.47. The lowest BCUT2D eigenvalue weighted by molar-refractivity contribution is -0.137. The summed E-state index contributed by atoms with van der Waals surface area (Å²) in [7, 11) is 0. The lowest BCUT2D eigenvalue weighted by Crippen LogP contribution is -2.21. The Hall–Kier alpha value is -2.22. The molecule has 0 bridgehead atoms. The molecule has 0 saturated heterocycles. The van der Waals surface area contributed by atoms with Crippen LogP contribution in [-0.2, 0) is 6.18 Å². The first-order valence-corrected chi connectivity index (χ1v) is 8.41. The van der Waals surface area contributed by atoms with Crippen molar-refractivity contribution < 1.29 is 18.3 Å². The fraction of sp³-hybridized carbons (Fsp3) is 0.500. The van der Waals surface area contributed by atoms with Gasteiger partial charge in [0.15, 0.2) is 0 Å². The van der Waals surface area contributed by atoms with E-state index in [4.69, 9.17) is 0 Å². The number of nitrogens with zero attached hydrogens (tertiary/aromatic N) is 3. The first-order chi connectivity index (χ1) is 12.0. The van der Waals surface area contributed by atoms with Gasteiger partial charge >= 0.3 is 6.18 Å². The van der Waals surface area contributed by atoms with Gasteiger partial charge in [-0.3, -0.25) is 0 Å². The zero-order chi connectivity index (χ0) is 19.4. The summed E-state index contributed by atoms with van der Waals surface area (Å²) in [6.07, 6.45) is -0.619. The molecule has 142 valence electrons. The highest BCUT2D eigenvalue weighted by atomic mass is 19.4. The highest BCUT2D eigenvalue weighted by molar-refractivity contribution is 5.59. The minimum absolute atomic E-state index is 0.0713. The summed E-state index contributed by atoms with van der Waals surface area (Å²) in [6.45, 7) is 5.51. The molecule has 2 rings (SSSR count). The third-order valence-corrected chi connectivity index (χ3v) is 3.87. The van der Waals surface area contributed by atoms with Crippen molar-refractivity contribution in [1.29, 1.82) is 0 Å². The van der Waals surface area contributed by atoms with E-state index >= 15 is 0 Å². The van der Waals surface area contributed by atoms with Crippen LogP contribution in [0.1, 0.15) is 45.6 Å². The molecule has 0 spiro atoms. The van der Waals surface area contributed by atoms with E-state index < -0.39 is 17.3 Å². The molecule has 26 heavy (non-hydrogen) atoms. The second-order valence-corrected chi connectivity index (χ2v) is 6.99. The van der Waals surface area contributed by atoms with Gasteiger partial charge in [-0.05, 0) is 52.2 Å². The molecule has 0 radical (unpaired) electrons. The van der Waals surface area contributed by atoms with E-state index in [-0.39, 0.29) is 6.04 Å². The van der Waals surface area contributed by atoms with E-state index in [0.29, 0.717) is 23.6 Å². The van der Waals surface area contributed by atoms with Crippen LogP contribution in [-0.4, -0.2) is 31.9 Å². The average molecular weight is 368 g/mol. The number of aromatic nitrogens is 3. The van der Waals surface area contributed by atoms with Crippen molar-refractivity contribution in [2.24, 2.45) is 0 Å². The van der Waals surface area contributed by atoms with E-state index in [1.807, 2.05) is 6.92 Å². The van der Waals surface area contributed by atoms with Crippen LogP contribution in [0.25, 0.3) is 11.3 Å². The molecular formula is C18H23F3N4O. The van der Waals surface area contributed by atoms with Crippen LogP contribution in [0.15, 0.2) is 30.5 Å². The van der Waals surface area contributed by atoms with Gasteiger partial charge in [-0.1, -0.05) is 12.1 Å². The maximum atomic E-state index is 12.6. The SMILES string of the molecule is C[C@@H](CCCC(C)(C)O)Nc1nncc(-c2ccc(C(F)(F)F)cc2)n1. The number of nitrogens with one attached hydrogen (secondary N) is 1. The highest BCUT2D eigenvalue weighted by Crippen LogP contribution is 2.30. The lowest BCUT2D eigenvalue weighted by atomic mass is 10.00. The van der Waals surface area contributed by atoms with Crippen LogP contribution in [0.5, 0.6) is 0 Å². The molecule has 5 nitrogen and oxygen atoms in total. The predicted octanol–water partition coefficient (Wildman–Crippen LogP) is 4.30. The van der Waals surface area contributed by atoms with Crippen molar-refractivity contribution in [1.82, 2.24) is 15.2 Å². The zero-order valence-electron chi connectivity index (χ0n) is 15.0. The minimum Gasteiger partial charge on any atom is -0.390 e. The molecule has 2 N–H and O–H groups in total. The van der Waals surface area contributed by atoms with Crippen molar-refractivity contribution in [3.05, 3.63) is 36.0 Å². The van der Waals surface area contributed by atoms with E-state index in [0.717, 1.165) is 25.0 Å². The largest absolute Gasteiger partial charge is 0.416 e. The van der Waals surface area contributed by atoms with Crippen molar-refractivity contribution in [2.45, 2.75) is 57.9 Å². The monoisotopic (exact) mass is 368 g/mol. The van der Waals surface area contributed by atoms with Crippen molar-refractivity contribution in [2.75, 3.05) is 5.32 Å². The molecule has 0 aliphatic heterocycles. The first-order valence-electron chi connectivity index (χ1n) is 8.41. The van der Waals surface area contributed by atoms with Crippen molar-refractivity contribution in [3.8, 4) is 11.3 Å². The zero-order valence-corrected chi connectivity index (χ0v) is 15.0. The molecule has 0 amide bonds. The summed E-state index contributed by atoms with van der Waals surface area (Å²) < 4.78 is 37.9. The Morgan fingerprint density at radius 1 is 1.15 bits per heavy atom. The molecule has 1 aromatic heterocycles. The standard InChI is InChI=1S/C18H23F3N4O/c1-12(5-4-10-17(2,3)26)23-16-24-15(11-22-25-16)13-6-8-14(9-7-13)18(19,20)21/h6-9,11-12,26H,4-5,10H2,1-3H3,(H,23,24,25)/t12-/m0/s1. The van der Waals surface area contributed by atoms with Gasteiger partial charge in [0.05, 0.1) is 23.1 Å². The van der Waals surface area contributed by atoms with Crippen LogP contribution in [0.4, 0.5) is 19.1 Å². The smallest absolute Gasteiger partial charge is 0.390 e. The van der Waals surface area contributed by atoms with E-state index in [2.05, 4.69) is 20.5 Å². The summed E-state index contributed by atoms with van der Waals surface area (Å²) >= 11 is 0. The topological polar surface area (TPSA) is 70.9 Å². The van der Waals surface area contributed by atoms with Gasteiger partial charge in [0.2, 0.25) is 5.95 Å². The number of hydrogen-bond donors (Lipinski definition) is 2. The summed E-state index contributed by atoms with van der Waals surface area (Å²) in [5.41, 5.74) is -0.423. The van der Waals surface area contributed by atoms with Gasteiger partial charge in [-0.25, -0.2) is 4.98 Å². The Labute approximate surface area is 150 Å². The molecule has 0 aliphatic rings. The number of rotatable bonds is 7. The van der Waals surface area contributed by atoms with Gasteiger partial charge in [0.25, 0.3) is 0 Å². The summed E-state index contributed by atoms with van der Waals surface area (Å²) in [5.74, 6) is 0.318. The summed E-state index contributed by atoms with van der Waals surface area (Å²) in [6, 6.07) is 4.84. The Balaban J connectivity index is 2.01. The first kappa shape index (κ1) is 20.1. The van der Waals surface area contributed by atoms with Gasteiger partial charge in [-0.2, -0.15) is 18.3 Å². The molecule has 0 fully saturated rings. The number of aliphatic hydroxyl groups is 1. The number of anilines is 1. The van der Waals surface area contributed by atoms with Gasteiger partial charge in [-0.15, -0.1) is 5.10 Å². The normalized spacial score (nSPS) is 13.5. The number of halogens is 3. The molecule has 1 heterocycles. The highest BCUT2D eigenvalue weighted by Gasteiger charge is 2.30. The fourth-order valence-electron chi connectivity index (χ4n) is 2.47. The van der Waals surface area contributed by atoms with Gasteiger partial charge in [0, 0.05) is 11.6 Å². The average Bonchev–Trinajstić information content (AvgIpc) is 2.53. The van der Waals surface area contributed by atoms with E-state index in [1.54, 1.807) is 13.8 Å². The number of benzene rings is 1. The van der Waals surface area contributed by atoms with Crippen LogP contribution < -0.4 is 5.32 Å². The van der Waals surface area contributed by atoms with Crippen molar-refractivity contribution >= 4 is 5.95 Å². The van der Waals surface area contributed by atoms with E-state index in [9.17, 15) is 18.3 Å². The summed E-state index contributed by atoms with van der Waals surface area (Å²) in [4.78, 5) is 4.32. The second-order valence-electron chi connectivity index (χ2n) is 6.99. The molecule has 0 saturated carbocycles. The Bertz CT molecular complexity index is 712. The molecular weight excluding hydrogens is 345 g/mol. The lowest BCUT2D eigenvalue weighted by Gasteiger charge is -2.19. The van der Waals surface area contributed by atoms with Crippen LogP contribution in [0.2, 0.25) is 0 Å². The summed E-state index contributed by atoms with van der Waals surface area (Å²) in [5, 5.41) is 20.6. The third kappa shape index (κ3) is 6.25. The van der Waals surface area contributed by atoms with Gasteiger partial charge in [0.1, 0.15) is 0 Å². The maximum absolute atomic E-state index is 12.6. The molecule has 1 aromatic carbocycles. The quantitative estimate of drug-likeness (QED) is 0.762. The van der Waals surface area contributed by atoms with E-state index in [1.165, 1.54) is 18.3 Å². The van der Waals surface area contributed by atoms with Crippen molar-refractivity contribution in [3.63, 3.8) is 0 Å². The van der Waals surface area contributed by atoms with Crippen LogP contribution in [0, 0.1) is 0 Å². The Morgan fingerprint density at radius 2 is 1.81 bits per heavy atom. The molecule has 0 aliphatic carbocycles. The third-order valence-electron chi connectivity index (χ3n) is 3.87. The van der Waals surface area contributed by atoms with Crippen LogP contribution in [0.3, 0.4) is 0 Å². The Kier molecular flexibility index (Phi) is 6.17. The molecule has 8 heteroatoms. The number of hydrogen-bond acceptors (Lipinski definition) is 5. The molecule has 1 atom stereocenters. The minimum atomic E-state index is -4.37. The van der Waals surface area contributed by atoms with Crippen LogP contribution >= 0.6 is 0 Å². The molecule has 2 aromatic rings. The molecule has 0 unspecified atom stereocenters. The number of alkyl halides is 3. The predicted molar refractivity (Wildman–Crippen MR) is 93.5 cm³/mol. The second kappa shape index (κ2) is 7.99.